The molecule has 5 nitrogen and oxygen atoms in total. The zero-order valence-electron chi connectivity index (χ0n) is 13.1. The van der Waals surface area contributed by atoms with Crippen LogP contribution in [0.15, 0.2) is 65.3 Å². The van der Waals surface area contributed by atoms with E-state index >= 15 is 0 Å². The molecule has 0 radical (unpaired) electrons. The van der Waals surface area contributed by atoms with E-state index in [1.54, 1.807) is 12.1 Å². The van der Waals surface area contributed by atoms with E-state index in [2.05, 4.69) is 16.5 Å². The van der Waals surface area contributed by atoms with Gasteiger partial charge in [-0.1, -0.05) is 47.6 Å². The predicted octanol–water partition coefficient (Wildman–Crippen LogP) is 3.36. The summed E-state index contributed by atoms with van der Waals surface area (Å²) in [5.41, 5.74) is 3.16. The molecular formula is C19H15N3O2. The number of nitriles is 1. The third-order valence-corrected chi connectivity index (χ3v) is 3.62. The van der Waals surface area contributed by atoms with Crippen molar-refractivity contribution in [2.24, 2.45) is 5.16 Å². The van der Waals surface area contributed by atoms with Crippen molar-refractivity contribution in [1.29, 1.82) is 5.26 Å². The second-order valence-electron chi connectivity index (χ2n) is 5.15. The zero-order chi connectivity index (χ0) is 16.9. The molecule has 118 valence electrons. The molecule has 0 aromatic heterocycles. The van der Waals surface area contributed by atoms with Crippen molar-refractivity contribution in [2.45, 2.75) is 6.92 Å². The Hall–Kier alpha value is -3.39. The highest BCUT2D eigenvalue weighted by molar-refractivity contribution is 6.33. The summed E-state index contributed by atoms with van der Waals surface area (Å²) < 4.78 is 0. The largest absolute Gasteiger partial charge is 0.385 e. The van der Waals surface area contributed by atoms with Gasteiger partial charge in [0.1, 0.15) is 17.4 Å². The summed E-state index contributed by atoms with van der Waals surface area (Å²) in [6.07, 6.45) is 0. The van der Waals surface area contributed by atoms with E-state index in [-0.39, 0.29) is 11.1 Å². The summed E-state index contributed by atoms with van der Waals surface area (Å²) in [7, 11) is 0. The maximum Gasteiger partial charge on any atom is 0.369 e. The van der Waals surface area contributed by atoms with Crippen LogP contribution in [0.4, 0.5) is 5.69 Å². The van der Waals surface area contributed by atoms with Gasteiger partial charge >= 0.3 is 5.97 Å². The van der Waals surface area contributed by atoms with E-state index in [1.807, 2.05) is 49.4 Å². The highest BCUT2D eigenvalue weighted by atomic mass is 16.7. The summed E-state index contributed by atoms with van der Waals surface area (Å²) in [6.45, 7) is 2.82. The molecule has 0 aliphatic carbocycles. The van der Waals surface area contributed by atoms with Gasteiger partial charge in [0.2, 0.25) is 0 Å². The monoisotopic (exact) mass is 317 g/mol. The molecule has 0 unspecified atom stereocenters. The maximum absolute atomic E-state index is 12.1. The van der Waals surface area contributed by atoms with Crippen LogP contribution in [0.3, 0.4) is 0 Å². The van der Waals surface area contributed by atoms with Crippen molar-refractivity contribution in [3.63, 3.8) is 0 Å². The quantitative estimate of drug-likeness (QED) is 0.533. The van der Waals surface area contributed by atoms with E-state index in [4.69, 9.17) is 4.84 Å². The lowest BCUT2D eigenvalue weighted by Crippen LogP contribution is -2.09. The second kappa shape index (κ2) is 6.80. The van der Waals surface area contributed by atoms with Gasteiger partial charge < -0.3 is 10.2 Å². The van der Waals surface area contributed by atoms with Crippen molar-refractivity contribution in [1.82, 2.24) is 0 Å². The second-order valence-corrected chi connectivity index (χ2v) is 5.15. The molecule has 0 amide bonds. The minimum absolute atomic E-state index is 0.194. The first kappa shape index (κ1) is 15.5. The van der Waals surface area contributed by atoms with E-state index in [0.29, 0.717) is 11.3 Å². The van der Waals surface area contributed by atoms with Gasteiger partial charge in [0, 0.05) is 17.8 Å². The Morgan fingerprint density at radius 2 is 1.88 bits per heavy atom. The van der Waals surface area contributed by atoms with Crippen LogP contribution in [0.2, 0.25) is 0 Å². The first-order valence-corrected chi connectivity index (χ1v) is 7.58. The topological polar surface area (TPSA) is 74.5 Å². The Bertz CT molecular complexity index is 860. The Labute approximate surface area is 139 Å². The fourth-order valence-electron chi connectivity index (χ4n) is 2.51. The number of nitrogens with one attached hydrogen (secondary N) is 1. The molecule has 2 aromatic carbocycles. The highest BCUT2D eigenvalue weighted by Gasteiger charge is 2.31. The molecule has 1 aliphatic heterocycles. The molecule has 1 N–H and O–H groups in total. The maximum atomic E-state index is 12.1. The van der Waals surface area contributed by atoms with Gasteiger partial charge in [0.05, 0.1) is 5.57 Å². The third-order valence-electron chi connectivity index (χ3n) is 3.62. The smallest absolute Gasteiger partial charge is 0.369 e. The summed E-state index contributed by atoms with van der Waals surface area (Å²) in [5, 5.41) is 16.7. The average Bonchev–Trinajstić information content (AvgIpc) is 3.00. The van der Waals surface area contributed by atoms with Crippen LogP contribution in [0, 0.1) is 11.3 Å². The number of carbonyl (C=O) groups excluding carboxylic acids is 1. The standard InChI is InChI=1S/C19H15N3O2/c1-2-21-15-10-8-13(9-11-15)16(12-20)17-18(22-24-19(17)23)14-6-4-3-5-7-14/h3-11,21H,2H2,1H3/b17-16-. The minimum atomic E-state index is -0.610. The van der Waals surface area contributed by atoms with E-state index in [1.165, 1.54) is 0 Å². The molecule has 1 heterocycles. The molecule has 0 bridgehead atoms. The van der Waals surface area contributed by atoms with Crippen LogP contribution in [0.25, 0.3) is 5.57 Å². The number of oxime groups is 1. The molecule has 0 atom stereocenters. The van der Waals surface area contributed by atoms with Gasteiger partial charge in [-0.25, -0.2) is 4.79 Å². The minimum Gasteiger partial charge on any atom is -0.385 e. The van der Waals surface area contributed by atoms with Gasteiger partial charge in [-0.3, -0.25) is 0 Å². The Morgan fingerprint density at radius 1 is 1.17 bits per heavy atom. The molecular weight excluding hydrogens is 302 g/mol. The van der Waals surface area contributed by atoms with Crippen molar-refractivity contribution in [3.05, 3.63) is 71.3 Å². The Balaban J connectivity index is 2.07. The lowest BCUT2D eigenvalue weighted by Gasteiger charge is -2.07. The summed E-state index contributed by atoms with van der Waals surface area (Å²) in [5.74, 6) is -0.610. The molecule has 0 spiro atoms. The van der Waals surface area contributed by atoms with Crippen LogP contribution in [-0.2, 0) is 9.63 Å². The molecule has 1 aliphatic rings. The van der Waals surface area contributed by atoms with Gasteiger partial charge in [0.25, 0.3) is 0 Å². The van der Waals surface area contributed by atoms with Crippen LogP contribution in [0.1, 0.15) is 18.1 Å². The molecule has 5 heteroatoms. The van der Waals surface area contributed by atoms with Crippen molar-refractivity contribution < 1.29 is 9.63 Å². The van der Waals surface area contributed by atoms with Crippen LogP contribution in [-0.4, -0.2) is 18.2 Å². The van der Waals surface area contributed by atoms with Gasteiger partial charge in [0.15, 0.2) is 0 Å². The zero-order valence-corrected chi connectivity index (χ0v) is 13.1. The fourth-order valence-corrected chi connectivity index (χ4v) is 2.51. The number of benzene rings is 2. The van der Waals surface area contributed by atoms with Gasteiger partial charge in [-0.15, -0.1) is 0 Å². The number of anilines is 1. The van der Waals surface area contributed by atoms with E-state index < -0.39 is 5.97 Å². The average molecular weight is 317 g/mol. The van der Waals surface area contributed by atoms with Crippen molar-refractivity contribution >= 4 is 22.9 Å². The SMILES string of the molecule is CCNc1ccc(/C(C#N)=C2\C(=O)ON=C2c2ccccc2)cc1. The fraction of sp³-hybridized carbons (Fsp3) is 0.105. The number of hydrogen-bond acceptors (Lipinski definition) is 5. The number of rotatable bonds is 4. The summed E-state index contributed by atoms with van der Waals surface area (Å²) in [4.78, 5) is 17.0. The lowest BCUT2D eigenvalue weighted by atomic mass is 9.94. The van der Waals surface area contributed by atoms with E-state index in [0.717, 1.165) is 17.8 Å². The van der Waals surface area contributed by atoms with Gasteiger partial charge in [-0.2, -0.15) is 5.26 Å². The normalized spacial score (nSPS) is 15.3. The van der Waals surface area contributed by atoms with Crippen LogP contribution in [0.5, 0.6) is 0 Å². The van der Waals surface area contributed by atoms with Crippen LogP contribution < -0.4 is 5.32 Å². The third kappa shape index (κ3) is 2.90. The van der Waals surface area contributed by atoms with Gasteiger partial charge in [-0.05, 0) is 24.6 Å². The predicted molar refractivity (Wildman–Crippen MR) is 92.2 cm³/mol. The van der Waals surface area contributed by atoms with Crippen LogP contribution >= 0.6 is 0 Å². The Kier molecular flexibility index (Phi) is 4.39. The Morgan fingerprint density at radius 3 is 2.50 bits per heavy atom. The number of hydrogen-bond donors (Lipinski definition) is 1. The molecule has 0 saturated heterocycles. The molecule has 0 saturated carbocycles. The number of nitrogens with zero attached hydrogens (tertiary/aromatic N) is 2. The van der Waals surface area contributed by atoms with E-state index in [9.17, 15) is 10.1 Å². The first-order valence-electron chi connectivity index (χ1n) is 7.58. The van der Waals surface area contributed by atoms with Crippen molar-refractivity contribution in [2.75, 3.05) is 11.9 Å². The lowest BCUT2D eigenvalue weighted by molar-refractivity contribution is -0.136. The number of carbonyl (C=O) groups is 1. The summed E-state index contributed by atoms with van der Waals surface area (Å²) >= 11 is 0. The molecule has 3 rings (SSSR count). The van der Waals surface area contributed by atoms with Crippen molar-refractivity contribution in [3.8, 4) is 6.07 Å². The molecule has 24 heavy (non-hydrogen) atoms. The summed E-state index contributed by atoms with van der Waals surface area (Å²) in [6, 6.07) is 18.7. The first-order chi connectivity index (χ1) is 11.7. The highest BCUT2D eigenvalue weighted by Crippen LogP contribution is 2.27. The number of allylic oxidation sites excluding steroid dienone is 1. The molecule has 2 aromatic rings. The molecule has 0 fully saturated rings.